The number of aromatic nitrogens is 4. The van der Waals surface area contributed by atoms with Crippen molar-refractivity contribution in [3.8, 4) is 11.5 Å². The molecule has 0 unspecified atom stereocenters. The van der Waals surface area contributed by atoms with Crippen molar-refractivity contribution in [1.29, 1.82) is 0 Å². The summed E-state index contributed by atoms with van der Waals surface area (Å²) in [7, 11) is 0. The van der Waals surface area contributed by atoms with E-state index in [-0.39, 0.29) is 18.2 Å². The molecule has 9 nitrogen and oxygen atoms in total. The lowest BCUT2D eigenvalue weighted by Crippen LogP contribution is -2.31. The minimum Gasteiger partial charge on any atom is -0.476 e. The zero-order chi connectivity index (χ0) is 23.4. The van der Waals surface area contributed by atoms with Crippen LogP contribution in [0.4, 0.5) is 16.0 Å². The predicted octanol–water partition coefficient (Wildman–Crippen LogP) is 4.11. The second-order valence-electron chi connectivity index (χ2n) is 6.76. The first-order valence-corrected chi connectivity index (χ1v) is 9.88. The van der Waals surface area contributed by atoms with Crippen molar-refractivity contribution in [2.45, 2.75) is 6.54 Å². The van der Waals surface area contributed by atoms with E-state index in [9.17, 15) is 19.1 Å². The lowest BCUT2D eigenvalue weighted by Gasteiger charge is -2.14. The molecule has 2 heterocycles. The summed E-state index contributed by atoms with van der Waals surface area (Å²) in [6.07, 6.45) is 1.29. The van der Waals surface area contributed by atoms with Crippen LogP contribution in [0, 0.1) is 5.95 Å². The summed E-state index contributed by atoms with van der Waals surface area (Å²) in [5, 5.41) is 20.2. The number of nitrogens with zero attached hydrogens (tertiary/aromatic N) is 4. The van der Waals surface area contributed by atoms with Gasteiger partial charge in [-0.25, -0.2) is 9.78 Å². The van der Waals surface area contributed by atoms with E-state index in [1.54, 1.807) is 48.5 Å². The first-order chi connectivity index (χ1) is 15.9. The molecule has 33 heavy (non-hydrogen) atoms. The van der Waals surface area contributed by atoms with Gasteiger partial charge in [0, 0.05) is 23.0 Å². The summed E-state index contributed by atoms with van der Waals surface area (Å²) in [5.41, 5.74) is -0.260. The van der Waals surface area contributed by atoms with E-state index >= 15 is 0 Å². The Morgan fingerprint density at radius 1 is 1.06 bits per heavy atom. The molecule has 0 aliphatic carbocycles. The normalized spacial score (nSPS) is 10.6. The van der Waals surface area contributed by atoms with Crippen LogP contribution in [0.5, 0.6) is 11.5 Å². The van der Waals surface area contributed by atoms with Crippen LogP contribution in [0.1, 0.15) is 16.1 Å². The standard InChI is InChI=1S/C22H15ClFN5O4/c23-14-3-1-13(2-4-14)12-29-20(30)19(21(31)32)27-28-22(29)26-15-5-7-16(8-6-15)33-17-9-10-25-18(24)11-17/h1-11H,12H2,(H,26,28)(H,31,32). The summed E-state index contributed by atoms with van der Waals surface area (Å²) in [4.78, 5) is 27.6. The third-order valence-corrected chi connectivity index (χ3v) is 4.70. The van der Waals surface area contributed by atoms with Crippen molar-refractivity contribution in [3.63, 3.8) is 0 Å². The van der Waals surface area contributed by atoms with E-state index in [1.807, 2.05) is 0 Å². The van der Waals surface area contributed by atoms with Crippen molar-refractivity contribution in [2.75, 3.05) is 5.32 Å². The SMILES string of the molecule is O=C(O)c1nnc(Nc2ccc(Oc3ccnc(F)c3)cc2)n(Cc2ccc(Cl)cc2)c1=O. The van der Waals surface area contributed by atoms with Crippen LogP contribution in [-0.2, 0) is 6.54 Å². The van der Waals surface area contributed by atoms with Crippen molar-refractivity contribution in [1.82, 2.24) is 19.7 Å². The van der Waals surface area contributed by atoms with E-state index in [4.69, 9.17) is 16.3 Å². The number of carbonyl (C=O) groups is 1. The van der Waals surface area contributed by atoms with Gasteiger partial charge in [0.25, 0.3) is 5.56 Å². The zero-order valence-electron chi connectivity index (χ0n) is 16.8. The molecule has 4 aromatic rings. The quantitative estimate of drug-likeness (QED) is 0.390. The van der Waals surface area contributed by atoms with Gasteiger partial charge in [-0.1, -0.05) is 23.7 Å². The van der Waals surface area contributed by atoms with Gasteiger partial charge in [-0.2, -0.15) is 4.39 Å². The van der Waals surface area contributed by atoms with Crippen LogP contribution in [0.15, 0.2) is 71.7 Å². The lowest BCUT2D eigenvalue weighted by molar-refractivity contribution is 0.0686. The summed E-state index contributed by atoms with van der Waals surface area (Å²) >= 11 is 5.91. The molecule has 0 spiro atoms. The largest absolute Gasteiger partial charge is 0.476 e. The number of hydrogen-bond acceptors (Lipinski definition) is 7. The predicted molar refractivity (Wildman–Crippen MR) is 118 cm³/mol. The smallest absolute Gasteiger partial charge is 0.362 e. The van der Waals surface area contributed by atoms with Crippen molar-refractivity contribution < 1.29 is 19.0 Å². The Balaban J connectivity index is 1.60. The average molecular weight is 468 g/mol. The summed E-state index contributed by atoms with van der Waals surface area (Å²) in [6, 6.07) is 16.0. The van der Waals surface area contributed by atoms with Gasteiger partial charge in [0.15, 0.2) is 0 Å². The van der Waals surface area contributed by atoms with Gasteiger partial charge in [0.05, 0.1) is 6.54 Å². The number of nitrogens with one attached hydrogen (secondary N) is 1. The Hall–Kier alpha value is -4.31. The molecule has 0 atom stereocenters. The Morgan fingerprint density at radius 3 is 2.45 bits per heavy atom. The Morgan fingerprint density at radius 2 is 1.79 bits per heavy atom. The molecule has 0 saturated carbocycles. The zero-order valence-corrected chi connectivity index (χ0v) is 17.5. The van der Waals surface area contributed by atoms with Gasteiger partial charge in [-0.3, -0.25) is 9.36 Å². The fourth-order valence-electron chi connectivity index (χ4n) is 2.88. The Kier molecular flexibility index (Phi) is 6.27. The molecule has 0 amide bonds. The van der Waals surface area contributed by atoms with Crippen LogP contribution in [-0.4, -0.2) is 30.8 Å². The van der Waals surface area contributed by atoms with E-state index in [0.29, 0.717) is 22.0 Å². The number of anilines is 2. The minimum atomic E-state index is -1.47. The fourth-order valence-corrected chi connectivity index (χ4v) is 3.01. The average Bonchev–Trinajstić information content (AvgIpc) is 2.78. The molecule has 166 valence electrons. The van der Waals surface area contributed by atoms with Crippen LogP contribution in [0.3, 0.4) is 0 Å². The molecule has 0 radical (unpaired) electrons. The molecular formula is C22H15ClFN5O4. The van der Waals surface area contributed by atoms with E-state index < -0.39 is 23.2 Å². The summed E-state index contributed by atoms with van der Waals surface area (Å²) in [5.74, 6) is -1.36. The van der Waals surface area contributed by atoms with Gasteiger partial charge in [-0.15, -0.1) is 10.2 Å². The highest BCUT2D eigenvalue weighted by molar-refractivity contribution is 6.30. The summed E-state index contributed by atoms with van der Waals surface area (Å²) in [6.45, 7) is 0.0446. The lowest BCUT2D eigenvalue weighted by atomic mass is 10.2. The molecule has 0 saturated heterocycles. The number of benzene rings is 2. The third-order valence-electron chi connectivity index (χ3n) is 4.45. The molecule has 2 N–H and O–H groups in total. The number of pyridine rings is 1. The maximum atomic E-state index is 13.2. The highest BCUT2D eigenvalue weighted by Crippen LogP contribution is 2.24. The minimum absolute atomic E-state index is 0.0446. The fraction of sp³-hybridized carbons (Fsp3) is 0.0455. The number of ether oxygens (including phenoxy) is 1. The molecule has 0 fully saturated rings. The van der Waals surface area contributed by atoms with Crippen molar-refractivity contribution >= 4 is 29.2 Å². The number of hydrogen-bond donors (Lipinski definition) is 2. The van der Waals surface area contributed by atoms with Crippen LogP contribution in [0.2, 0.25) is 5.02 Å². The van der Waals surface area contributed by atoms with Gasteiger partial charge < -0.3 is 15.2 Å². The van der Waals surface area contributed by atoms with E-state index in [0.717, 1.165) is 6.07 Å². The van der Waals surface area contributed by atoms with Gasteiger partial charge in [-0.05, 0) is 48.0 Å². The van der Waals surface area contributed by atoms with Crippen LogP contribution < -0.4 is 15.6 Å². The van der Waals surface area contributed by atoms with E-state index in [1.165, 1.54) is 16.8 Å². The number of carboxylic acid groups (broad SMARTS) is 1. The highest BCUT2D eigenvalue weighted by Gasteiger charge is 2.18. The Bertz CT molecular complexity index is 1360. The monoisotopic (exact) mass is 467 g/mol. The molecule has 11 heteroatoms. The summed E-state index contributed by atoms with van der Waals surface area (Å²) < 4.78 is 20.0. The first kappa shape index (κ1) is 21.9. The molecule has 0 aliphatic rings. The topological polar surface area (TPSA) is 119 Å². The number of aromatic carboxylic acids is 1. The van der Waals surface area contributed by atoms with Gasteiger partial charge in [0.2, 0.25) is 17.6 Å². The third kappa shape index (κ3) is 5.31. The molecule has 4 rings (SSSR count). The van der Waals surface area contributed by atoms with Gasteiger partial charge >= 0.3 is 5.97 Å². The van der Waals surface area contributed by atoms with Crippen molar-refractivity contribution in [2.24, 2.45) is 0 Å². The van der Waals surface area contributed by atoms with Gasteiger partial charge in [0.1, 0.15) is 11.5 Å². The second-order valence-corrected chi connectivity index (χ2v) is 7.20. The number of halogens is 2. The number of carboxylic acids is 1. The Labute approximate surface area is 191 Å². The van der Waals surface area contributed by atoms with Crippen LogP contribution in [0.25, 0.3) is 0 Å². The molecular weight excluding hydrogens is 453 g/mol. The molecule has 2 aromatic carbocycles. The number of rotatable bonds is 7. The molecule has 0 aliphatic heterocycles. The van der Waals surface area contributed by atoms with E-state index in [2.05, 4.69) is 20.5 Å². The maximum Gasteiger partial charge on any atom is 0.362 e. The second kappa shape index (κ2) is 9.45. The van der Waals surface area contributed by atoms with Crippen LogP contribution >= 0.6 is 11.6 Å². The first-order valence-electron chi connectivity index (χ1n) is 9.51. The molecule has 0 bridgehead atoms. The molecule has 2 aromatic heterocycles. The highest BCUT2D eigenvalue weighted by atomic mass is 35.5. The maximum absolute atomic E-state index is 13.2. The van der Waals surface area contributed by atoms with Crippen molar-refractivity contribution in [3.05, 3.63) is 99.4 Å².